The third-order valence-electron chi connectivity index (χ3n) is 4.79. The van der Waals surface area contributed by atoms with Gasteiger partial charge in [-0.2, -0.15) is 0 Å². The van der Waals surface area contributed by atoms with Gasteiger partial charge in [-0.15, -0.1) is 0 Å². The summed E-state index contributed by atoms with van der Waals surface area (Å²) >= 11 is 6.15. The molecule has 1 heterocycles. The summed E-state index contributed by atoms with van der Waals surface area (Å²) < 4.78 is 0. The maximum absolute atomic E-state index is 12.7. The summed E-state index contributed by atoms with van der Waals surface area (Å²) in [4.78, 5) is 21.6. The highest BCUT2D eigenvalue weighted by Crippen LogP contribution is 2.22. The van der Waals surface area contributed by atoms with E-state index < -0.39 is 0 Å². The Hall–Kier alpha value is -3.70. The third-order valence-corrected chi connectivity index (χ3v) is 5.20. The number of carbonyl (C=O) groups is 1. The Morgan fingerprint density at radius 3 is 2.48 bits per heavy atom. The first-order valence-electron chi connectivity index (χ1n) is 9.82. The molecule has 0 unspecified atom stereocenters. The minimum Gasteiger partial charge on any atom is -0.340 e. The van der Waals surface area contributed by atoms with E-state index in [4.69, 9.17) is 11.6 Å². The van der Waals surface area contributed by atoms with E-state index in [0.717, 1.165) is 16.8 Å². The first-order chi connectivity index (χ1) is 15.0. The van der Waals surface area contributed by atoms with Gasteiger partial charge in [-0.05, 0) is 55.8 Å². The number of nitrogens with one attached hydrogen (secondary N) is 2. The molecular weight excluding hydrogens is 408 g/mol. The van der Waals surface area contributed by atoms with E-state index in [9.17, 15) is 4.79 Å². The molecule has 0 radical (unpaired) electrons. The van der Waals surface area contributed by atoms with Gasteiger partial charge in [0.15, 0.2) is 5.82 Å². The van der Waals surface area contributed by atoms with Gasteiger partial charge in [0, 0.05) is 33.7 Å². The van der Waals surface area contributed by atoms with E-state index in [2.05, 4.69) is 20.6 Å². The summed E-state index contributed by atoms with van der Waals surface area (Å²) in [7, 11) is 0. The summed E-state index contributed by atoms with van der Waals surface area (Å²) in [5.41, 5.74) is 5.01. The van der Waals surface area contributed by atoms with Gasteiger partial charge in [-0.25, -0.2) is 9.97 Å². The number of hydrogen-bond acceptors (Lipinski definition) is 4. The molecular formula is C25H21ClN4O. The summed E-state index contributed by atoms with van der Waals surface area (Å²) in [6.07, 6.45) is 1.71. The smallest absolute Gasteiger partial charge is 0.255 e. The molecule has 0 spiro atoms. The molecule has 6 heteroatoms. The largest absolute Gasteiger partial charge is 0.340 e. The average Bonchev–Trinajstić information content (AvgIpc) is 2.77. The summed E-state index contributed by atoms with van der Waals surface area (Å²) in [6.45, 7) is 3.96. The molecule has 5 nitrogen and oxygen atoms in total. The Morgan fingerprint density at radius 1 is 0.903 bits per heavy atom. The minimum absolute atomic E-state index is 0.216. The van der Waals surface area contributed by atoms with Crippen molar-refractivity contribution in [2.75, 3.05) is 10.6 Å². The second-order valence-electron chi connectivity index (χ2n) is 7.26. The van der Waals surface area contributed by atoms with Crippen molar-refractivity contribution < 1.29 is 4.79 Å². The highest BCUT2D eigenvalue weighted by Gasteiger charge is 2.09. The molecule has 0 aliphatic heterocycles. The maximum atomic E-state index is 12.7. The third kappa shape index (κ3) is 5.08. The molecule has 0 bridgehead atoms. The topological polar surface area (TPSA) is 66.9 Å². The van der Waals surface area contributed by atoms with Crippen molar-refractivity contribution in [3.05, 3.63) is 101 Å². The van der Waals surface area contributed by atoms with Gasteiger partial charge in [0.25, 0.3) is 5.91 Å². The van der Waals surface area contributed by atoms with Gasteiger partial charge >= 0.3 is 0 Å². The zero-order valence-electron chi connectivity index (χ0n) is 17.2. The van der Waals surface area contributed by atoms with Crippen LogP contribution in [0.2, 0.25) is 5.02 Å². The summed E-state index contributed by atoms with van der Waals surface area (Å²) in [6, 6.07) is 22.5. The van der Waals surface area contributed by atoms with Crippen molar-refractivity contribution in [1.29, 1.82) is 0 Å². The molecule has 4 aromatic rings. The fraction of sp³-hybridized carbons (Fsp3) is 0.0800. The second-order valence-corrected chi connectivity index (χ2v) is 7.66. The van der Waals surface area contributed by atoms with E-state index in [-0.39, 0.29) is 5.91 Å². The molecule has 1 amide bonds. The number of aromatic nitrogens is 2. The van der Waals surface area contributed by atoms with E-state index in [1.807, 2.05) is 62.4 Å². The molecule has 0 aliphatic carbocycles. The SMILES string of the molecule is Cc1ccc(-c2nccc(Nc3cccc(C(=O)Nc4ccc(C)c(Cl)c4)c3)n2)cc1. The van der Waals surface area contributed by atoms with E-state index in [1.54, 1.807) is 30.5 Å². The van der Waals surface area contributed by atoms with Crippen molar-refractivity contribution in [3.8, 4) is 11.4 Å². The Kier molecular flexibility index (Phi) is 5.96. The first-order valence-corrected chi connectivity index (χ1v) is 10.2. The number of hydrogen-bond donors (Lipinski definition) is 2. The molecule has 0 atom stereocenters. The van der Waals surface area contributed by atoms with Crippen LogP contribution in [0, 0.1) is 13.8 Å². The van der Waals surface area contributed by atoms with Crippen LogP contribution in [-0.4, -0.2) is 15.9 Å². The molecule has 0 saturated heterocycles. The summed E-state index contributed by atoms with van der Waals surface area (Å²) in [5.74, 6) is 1.06. The fourth-order valence-corrected chi connectivity index (χ4v) is 3.21. The Morgan fingerprint density at radius 2 is 1.71 bits per heavy atom. The number of rotatable bonds is 5. The van der Waals surface area contributed by atoms with Crippen molar-refractivity contribution in [2.24, 2.45) is 0 Å². The molecule has 154 valence electrons. The maximum Gasteiger partial charge on any atom is 0.255 e. The van der Waals surface area contributed by atoms with Crippen LogP contribution in [0.15, 0.2) is 79.0 Å². The number of anilines is 3. The molecule has 2 N–H and O–H groups in total. The molecule has 0 aliphatic rings. The van der Waals surface area contributed by atoms with E-state index in [0.29, 0.717) is 27.9 Å². The molecule has 1 aromatic heterocycles. The van der Waals surface area contributed by atoms with Crippen LogP contribution in [0.1, 0.15) is 21.5 Å². The lowest BCUT2D eigenvalue weighted by atomic mass is 10.1. The molecule has 0 fully saturated rings. The number of benzene rings is 3. The predicted octanol–water partition coefficient (Wildman–Crippen LogP) is 6.41. The minimum atomic E-state index is -0.216. The van der Waals surface area contributed by atoms with Crippen LogP contribution in [0.4, 0.5) is 17.2 Å². The molecule has 4 rings (SSSR count). The molecule has 3 aromatic carbocycles. The second kappa shape index (κ2) is 8.98. The van der Waals surface area contributed by atoms with Crippen molar-refractivity contribution in [3.63, 3.8) is 0 Å². The van der Waals surface area contributed by atoms with Gasteiger partial charge in [-0.1, -0.05) is 53.6 Å². The zero-order chi connectivity index (χ0) is 21.8. The number of nitrogens with zero attached hydrogens (tertiary/aromatic N) is 2. The van der Waals surface area contributed by atoms with Gasteiger partial charge in [0.05, 0.1) is 0 Å². The van der Waals surface area contributed by atoms with Gasteiger partial charge < -0.3 is 10.6 Å². The first kappa shape index (κ1) is 20.6. The lowest BCUT2D eigenvalue weighted by Gasteiger charge is -2.10. The van der Waals surface area contributed by atoms with E-state index in [1.165, 1.54) is 5.56 Å². The molecule has 31 heavy (non-hydrogen) atoms. The van der Waals surface area contributed by atoms with Gasteiger partial charge in [0.1, 0.15) is 5.82 Å². The lowest BCUT2D eigenvalue weighted by Crippen LogP contribution is -2.12. The highest BCUT2D eigenvalue weighted by atomic mass is 35.5. The van der Waals surface area contributed by atoms with Gasteiger partial charge in [-0.3, -0.25) is 4.79 Å². The van der Waals surface area contributed by atoms with Crippen LogP contribution in [0.3, 0.4) is 0 Å². The Balaban J connectivity index is 1.51. The fourth-order valence-electron chi connectivity index (χ4n) is 3.03. The number of halogens is 1. The Bertz CT molecular complexity index is 1240. The number of amides is 1. The van der Waals surface area contributed by atoms with E-state index >= 15 is 0 Å². The predicted molar refractivity (Wildman–Crippen MR) is 126 cm³/mol. The Labute approximate surface area is 186 Å². The van der Waals surface area contributed by atoms with Crippen LogP contribution in [-0.2, 0) is 0 Å². The monoisotopic (exact) mass is 428 g/mol. The average molecular weight is 429 g/mol. The van der Waals surface area contributed by atoms with Crippen molar-refractivity contribution in [1.82, 2.24) is 9.97 Å². The van der Waals surface area contributed by atoms with Crippen molar-refractivity contribution >= 4 is 34.7 Å². The normalized spacial score (nSPS) is 10.5. The van der Waals surface area contributed by atoms with Crippen LogP contribution in [0.5, 0.6) is 0 Å². The van der Waals surface area contributed by atoms with Crippen LogP contribution < -0.4 is 10.6 Å². The van der Waals surface area contributed by atoms with Crippen LogP contribution >= 0.6 is 11.6 Å². The summed E-state index contributed by atoms with van der Waals surface area (Å²) in [5, 5.41) is 6.74. The van der Waals surface area contributed by atoms with Gasteiger partial charge in [0.2, 0.25) is 0 Å². The highest BCUT2D eigenvalue weighted by molar-refractivity contribution is 6.31. The van der Waals surface area contributed by atoms with Crippen molar-refractivity contribution in [2.45, 2.75) is 13.8 Å². The zero-order valence-corrected chi connectivity index (χ0v) is 17.9. The quantitative estimate of drug-likeness (QED) is 0.385. The number of aryl methyl sites for hydroxylation is 2. The standard InChI is InChI=1S/C25H21ClN4O/c1-16-6-9-18(10-7-16)24-27-13-12-23(30-24)28-20-5-3-4-19(14-20)25(31)29-21-11-8-17(2)22(26)15-21/h3-15H,1-2H3,(H,29,31)(H,27,28,30). The molecule has 0 saturated carbocycles. The number of carbonyl (C=O) groups excluding carboxylic acids is 1. The van der Waals surface area contributed by atoms with Crippen LogP contribution in [0.25, 0.3) is 11.4 Å². The lowest BCUT2D eigenvalue weighted by molar-refractivity contribution is 0.102.